The van der Waals surface area contributed by atoms with Gasteiger partial charge in [0.05, 0.1) is 18.2 Å². The summed E-state index contributed by atoms with van der Waals surface area (Å²) in [5.74, 6) is 0.0418. The minimum Gasteiger partial charge on any atom is -0.491 e. The van der Waals surface area contributed by atoms with Gasteiger partial charge in [-0.25, -0.2) is 4.39 Å². The molecule has 0 heterocycles. The molecule has 0 aliphatic heterocycles. The first-order chi connectivity index (χ1) is 9.47. The molecule has 1 aliphatic carbocycles. The van der Waals surface area contributed by atoms with E-state index in [-0.39, 0.29) is 23.7 Å². The minimum atomic E-state index is -0.381. The molecule has 20 heavy (non-hydrogen) atoms. The van der Waals surface area contributed by atoms with Crippen molar-refractivity contribution in [2.45, 2.75) is 32.7 Å². The predicted molar refractivity (Wildman–Crippen MR) is 76.1 cm³/mol. The van der Waals surface area contributed by atoms with Crippen molar-refractivity contribution in [3.63, 3.8) is 0 Å². The number of anilines is 1. The Morgan fingerprint density at radius 1 is 1.50 bits per heavy atom. The standard InChI is InChI=1S/C15H21FN2O2/c1-9(10(2)17)15(19)18-13-6-5-12(16)7-14(13)20-8-11-3-4-11/h5-7,9-11H,3-4,8,17H2,1-2H3,(H,18,19). The molecular weight excluding hydrogens is 259 g/mol. The van der Waals surface area contributed by atoms with Gasteiger partial charge in [0.2, 0.25) is 5.91 Å². The van der Waals surface area contributed by atoms with E-state index < -0.39 is 0 Å². The third kappa shape index (κ3) is 3.93. The average Bonchev–Trinajstić information content (AvgIpc) is 3.21. The lowest BCUT2D eigenvalue weighted by molar-refractivity contribution is -0.119. The summed E-state index contributed by atoms with van der Waals surface area (Å²) < 4.78 is 18.9. The van der Waals surface area contributed by atoms with Crippen LogP contribution in [-0.4, -0.2) is 18.6 Å². The maximum Gasteiger partial charge on any atom is 0.228 e. The highest BCUT2D eigenvalue weighted by molar-refractivity contribution is 5.94. The lowest BCUT2D eigenvalue weighted by Crippen LogP contribution is -2.34. The second kappa shape index (κ2) is 6.22. The van der Waals surface area contributed by atoms with Gasteiger partial charge in [0.1, 0.15) is 11.6 Å². The van der Waals surface area contributed by atoms with E-state index in [0.717, 1.165) is 12.8 Å². The van der Waals surface area contributed by atoms with Crippen LogP contribution in [-0.2, 0) is 4.79 Å². The van der Waals surface area contributed by atoms with Crippen molar-refractivity contribution in [2.75, 3.05) is 11.9 Å². The Hall–Kier alpha value is -1.62. The first-order valence-corrected chi connectivity index (χ1v) is 6.96. The lowest BCUT2D eigenvalue weighted by atomic mass is 10.0. The zero-order chi connectivity index (χ0) is 14.7. The van der Waals surface area contributed by atoms with E-state index in [4.69, 9.17) is 10.5 Å². The smallest absolute Gasteiger partial charge is 0.228 e. The van der Waals surface area contributed by atoms with Crippen LogP contribution in [0.2, 0.25) is 0 Å². The van der Waals surface area contributed by atoms with E-state index in [1.165, 1.54) is 18.2 Å². The molecule has 1 aliphatic rings. The number of carbonyl (C=O) groups excluding carboxylic acids is 1. The van der Waals surface area contributed by atoms with Gasteiger partial charge in [-0.15, -0.1) is 0 Å². The fourth-order valence-corrected chi connectivity index (χ4v) is 1.70. The van der Waals surface area contributed by atoms with E-state index in [0.29, 0.717) is 24.0 Å². The van der Waals surface area contributed by atoms with Crippen LogP contribution in [0.3, 0.4) is 0 Å². The van der Waals surface area contributed by atoms with E-state index in [2.05, 4.69) is 5.32 Å². The van der Waals surface area contributed by atoms with Crippen molar-refractivity contribution in [2.24, 2.45) is 17.6 Å². The summed E-state index contributed by atoms with van der Waals surface area (Å²) in [5, 5.41) is 2.75. The summed E-state index contributed by atoms with van der Waals surface area (Å²) >= 11 is 0. The molecule has 1 aromatic carbocycles. The number of hydrogen-bond donors (Lipinski definition) is 2. The largest absolute Gasteiger partial charge is 0.491 e. The first-order valence-electron chi connectivity index (χ1n) is 6.96. The highest BCUT2D eigenvalue weighted by Crippen LogP contribution is 2.32. The van der Waals surface area contributed by atoms with Gasteiger partial charge in [0, 0.05) is 12.1 Å². The van der Waals surface area contributed by atoms with Crippen molar-refractivity contribution >= 4 is 11.6 Å². The number of halogens is 1. The number of amides is 1. The molecule has 5 heteroatoms. The normalized spacial score (nSPS) is 17.4. The maximum absolute atomic E-state index is 13.3. The third-order valence-corrected chi connectivity index (χ3v) is 3.58. The SMILES string of the molecule is CC(N)C(C)C(=O)Nc1ccc(F)cc1OCC1CC1. The molecular formula is C15H21FN2O2. The number of carbonyl (C=O) groups is 1. The molecule has 0 radical (unpaired) electrons. The zero-order valence-corrected chi connectivity index (χ0v) is 11.9. The Kier molecular flexibility index (Phi) is 4.60. The molecule has 3 N–H and O–H groups in total. The number of ether oxygens (including phenoxy) is 1. The van der Waals surface area contributed by atoms with Gasteiger partial charge in [-0.1, -0.05) is 6.92 Å². The van der Waals surface area contributed by atoms with Crippen molar-refractivity contribution in [1.82, 2.24) is 0 Å². The average molecular weight is 280 g/mol. The van der Waals surface area contributed by atoms with Crippen LogP contribution >= 0.6 is 0 Å². The molecule has 0 bridgehead atoms. The van der Waals surface area contributed by atoms with Gasteiger partial charge in [-0.3, -0.25) is 4.79 Å². The summed E-state index contributed by atoms with van der Waals surface area (Å²) in [6.07, 6.45) is 2.30. The highest BCUT2D eigenvalue weighted by Gasteiger charge is 2.23. The van der Waals surface area contributed by atoms with Crippen LogP contribution in [0.15, 0.2) is 18.2 Å². The second-order valence-corrected chi connectivity index (χ2v) is 5.53. The van der Waals surface area contributed by atoms with Gasteiger partial charge in [-0.05, 0) is 37.8 Å². The summed E-state index contributed by atoms with van der Waals surface area (Å²) in [7, 11) is 0. The number of benzene rings is 1. The van der Waals surface area contributed by atoms with Crippen LogP contribution in [0.4, 0.5) is 10.1 Å². The van der Waals surface area contributed by atoms with Crippen LogP contribution < -0.4 is 15.8 Å². The van der Waals surface area contributed by atoms with Crippen molar-refractivity contribution < 1.29 is 13.9 Å². The van der Waals surface area contributed by atoms with Gasteiger partial charge >= 0.3 is 0 Å². The van der Waals surface area contributed by atoms with E-state index in [1.807, 2.05) is 0 Å². The Bertz CT molecular complexity index is 487. The molecule has 0 saturated heterocycles. The second-order valence-electron chi connectivity index (χ2n) is 5.53. The monoisotopic (exact) mass is 280 g/mol. The van der Waals surface area contributed by atoms with Crippen LogP contribution in [0.5, 0.6) is 5.75 Å². The number of nitrogens with one attached hydrogen (secondary N) is 1. The Balaban J connectivity index is 2.06. The molecule has 1 aromatic rings. The third-order valence-electron chi connectivity index (χ3n) is 3.58. The number of rotatable bonds is 6. The topological polar surface area (TPSA) is 64.4 Å². The van der Waals surface area contributed by atoms with Gasteiger partial charge < -0.3 is 15.8 Å². The van der Waals surface area contributed by atoms with Crippen LogP contribution in [0.25, 0.3) is 0 Å². The molecule has 1 amide bonds. The molecule has 4 nitrogen and oxygen atoms in total. The maximum atomic E-state index is 13.3. The highest BCUT2D eigenvalue weighted by atomic mass is 19.1. The molecule has 0 spiro atoms. The van der Waals surface area contributed by atoms with Crippen LogP contribution in [0, 0.1) is 17.7 Å². The lowest BCUT2D eigenvalue weighted by Gasteiger charge is -2.17. The summed E-state index contributed by atoms with van der Waals surface area (Å²) in [4.78, 5) is 12.0. The number of nitrogens with two attached hydrogens (primary N) is 1. The number of hydrogen-bond acceptors (Lipinski definition) is 3. The molecule has 2 rings (SSSR count). The molecule has 2 atom stereocenters. The molecule has 2 unspecified atom stereocenters. The van der Waals surface area contributed by atoms with Crippen LogP contribution in [0.1, 0.15) is 26.7 Å². The van der Waals surface area contributed by atoms with Crippen molar-refractivity contribution in [3.8, 4) is 5.75 Å². The zero-order valence-electron chi connectivity index (χ0n) is 11.9. The van der Waals surface area contributed by atoms with Crippen molar-refractivity contribution in [3.05, 3.63) is 24.0 Å². The Morgan fingerprint density at radius 3 is 2.80 bits per heavy atom. The van der Waals surface area contributed by atoms with E-state index in [9.17, 15) is 9.18 Å². The minimum absolute atomic E-state index is 0.192. The summed E-state index contributed by atoms with van der Waals surface area (Å²) in [6.45, 7) is 4.10. The predicted octanol–water partition coefficient (Wildman–Crippen LogP) is 2.54. The Labute approximate surface area is 118 Å². The van der Waals surface area contributed by atoms with Gasteiger partial charge in [-0.2, -0.15) is 0 Å². The molecule has 1 fully saturated rings. The van der Waals surface area contributed by atoms with Gasteiger partial charge in [0.15, 0.2) is 0 Å². The fraction of sp³-hybridized carbons (Fsp3) is 0.533. The Morgan fingerprint density at radius 2 is 2.20 bits per heavy atom. The van der Waals surface area contributed by atoms with Gasteiger partial charge in [0.25, 0.3) is 0 Å². The molecule has 1 saturated carbocycles. The molecule has 110 valence electrons. The first kappa shape index (κ1) is 14.8. The quantitative estimate of drug-likeness (QED) is 0.841. The van der Waals surface area contributed by atoms with E-state index in [1.54, 1.807) is 13.8 Å². The van der Waals surface area contributed by atoms with E-state index >= 15 is 0 Å². The fourth-order valence-electron chi connectivity index (χ4n) is 1.70. The van der Waals surface area contributed by atoms with Crippen molar-refractivity contribution in [1.29, 1.82) is 0 Å². The molecule has 0 aromatic heterocycles. The summed E-state index contributed by atoms with van der Waals surface area (Å²) in [6, 6.07) is 3.87. The summed E-state index contributed by atoms with van der Waals surface area (Å²) in [5.41, 5.74) is 6.20.